The molecule has 3 rings (SSSR count). The SMILES string of the molecule is CC(=O)C(C(=O)N(N)c1nc(N)nc(-c2ncco2)c1Br)C1CCCO1. The second kappa shape index (κ2) is 7.48. The summed E-state index contributed by atoms with van der Waals surface area (Å²) in [6.45, 7) is 1.84. The lowest BCUT2D eigenvalue weighted by Crippen LogP contribution is -2.48. The molecule has 0 aromatic carbocycles. The third-order valence-electron chi connectivity index (χ3n) is 3.99. The summed E-state index contributed by atoms with van der Waals surface area (Å²) in [5.74, 6) is 4.05. The maximum Gasteiger partial charge on any atom is 0.255 e. The highest BCUT2D eigenvalue weighted by atomic mass is 79.9. The molecule has 4 N–H and O–H groups in total. The maximum atomic E-state index is 12.9. The Bertz CT molecular complexity index is 822. The second-order valence-electron chi connectivity index (χ2n) is 5.75. The van der Waals surface area contributed by atoms with Gasteiger partial charge in [0.05, 0.1) is 16.8 Å². The number of nitrogens with zero attached hydrogens (tertiary/aromatic N) is 4. The molecule has 26 heavy (non-hydrogen) atoms. The van der Waals surface area contributed by atoms with Gasteiger partial charge in [-0.05, 0) is 35.7 Å². The Balaban J connectivity index is 1.97. The number of hydrazine groups is 1. The van der Waals surface area contributed by atoms with E-state index in [-0.39, 0.29) is 33.6 Å². The number of anilines is 2. The fraction of sp³-hybridized carbons (Fsp3) is 0.400. The average Bonchev–Trinajstić information content (AvgIpc) is 3.29. The molecule has 0 spiro atoms. The number of hydrogen-bond donors (Lipinski definition) is 2. The summed E-state index contributed by atoms with van der Waals surface area (Å²) in [4.78, 5) is 37.0. The van der Waals surface area contributed by atoms with Crippen LogP contribution in [0.5, 0.6) is 0 Å². The van der Waals surface area contributed by atoms with Gasteiger partial charge in [0, 0.05) is 6.61 Å². The Morgan fingerprint density at radius 3 is 2.77 bits per heavy atom. The van der Waals surface area contributed by atoms with Gasteiger partial charge in [0.15, 0.2) is 5.82 Å². The lowest BCUT2D eigenvalue weighted by molar-refractivity contribution is -0.136. The van der Waals surface area contributed by atoms with Crippen LogP contribution in [0, 0.1) is 5.92 Å². The third kappa shape index (κ3) is 3.45. The van der Waals surface area contributed by atoms with Crippen LogP contribution >= 0.6 is 15.9 Å². The Morgan fingerprint density at radius 2 is 2.19 bits per heavy atom. The van der Waals surface area contributed by atoms with Crippen LogP contribution in [-0.4, -0.2) is 39.4 Å². The standard InChI is InChI=1S/C15H17BrN6O4/c1-7(23)9(8-3-2-5-25-8)14(24)22(18)12-10(16)11(20-15(17)21-12)13-19-4-6-26-13/h4,6,8-9H,2-3,5,18H2,1H3,(H2,17,20,21). The van der Waals surface area contributed by atoms with Gasteiger partial charge in [-0.1, -0.05) is 0 Å². The van der Waals surface area contributed by atoms with Gasteiger partial charge in [-0.25, -0.2) is 20.8 Å². The highest BCUT2D eigenvalue weighted by molar-refractivity contribution is 9.10. The molecular weight excluding hydrogens is 408 g/mol. The highest BCUT2D eigenvalue weighted by Gasteiger charge is 2.38. The number of amides is 1. The molecule has 138 valence electrons. The van der Waals surface area contributed by atoms with Gasteiger partial charge in [-0.3, -0.25) is 9.59 Å². The number of nitrogen functional groups attached to an aromatic ring is 1. The molecular formula is C15H17BrN6O4. The molecule has 3 heterocycles. The van der Waals surface area contributed by atoms with Gasteiger partial charge in [-0.2, -0.15) is 4.98 Å². The van der Waals surface area contributed by atoms with Gasteiger partial charge in [0.2, 0.25) is 11.8 Å². The van der Waals surface area contributed by atoms with Gasteiger partial charge in [0.25, 0.3) is 5.91 Å². The lowest BCUT2D eigenvalue weighted by atomic mass is 9.95. The number of rotatable bonds is 5. The summed E-state index contributed by atoms with van der Waals surface area (Å²) < 4.78 is 11.0. The van der Waals surface area contributed by atoms with Crippen LogP contribution in [-0.2, 0) is 14.3 Å². The van der Waals surface area contributed by atoms with E-state index in [9.17, 15) is 9.59 Å². The number of halogens is 1. The summed E-state index contributed by atoms with van der Waals surface area (Å²) in [6.07, 6.45) is 3.70. The van der Waals surface area contributed by atoms with E-state index < -0.39 is 17.9 Å². The molecule has 2 atom stereocenters. The van der Waals surface area contributed by atoms with E-state index in [0.717, 1.165) is 11.4 Å². The van der Waals surface area contributed by atoms with Crippen molar-refractivity contribution >= 4 is 39.4 Å². The molecule has 0 bridgehead atoms. The van der Waals surface area contributed by atoms with Crippen LogP contribution in [0.1, 0.15) is 19.8 Å². The van der Waals surface area contributed by atoms with Gasteiger partial charge in [-0.15, -0.1) is 0 Å². The molecule has 0 saturated carbocycles. The minimum atomic E-state index is -1.02. The largest absolute Gasteiger partial charge is 0.443 e. The number of ether oxygens (including phenoxy) is 1. The molecule has 0 radical (unpaired) electrons. The van der Waals surface area contributed by atoms with Crippen molar-refractivity contribution in [1.29, 1.82) is 0 Å². The van der Waals surface area contributed by atoms with E-state index in [4.69, 9.17) is 20.7 Å². The Morgan fingerprint density at radius 1 is 1.42 bits per heavy atom. The van der Waals surface area contributed by atoms with Crippen molar-refractivity contribution in [3.8, 4) is 11.6 Å². The smallest absolute Gasteiger partial charge is 0.255 e. The van der Waals surface area contributed by atoms with E-state index in [1.165, 1.54) is 19.4 Å². The van der Waals surface area contributed by atoms with Crippen molar-refractivity contribution in [3.05, 3.63) is 16.9 Å². The predicted octanol–water partition coefficient (Wildman–Crippen LogP) is 1.07. The normalized spacial score (nSPS) is 17.9. The molecule has 1 aliphatic rings. The molecule has 2 unspecified atom stereocenters. The van der Waals surface area contributed by atoms with E-state index in [2.05, 4.69) is 30.9 Å². The number of Topliss-reactive ketones (excluding diaryl/α,β-unsaturated/α-hetero) is 1. The van der Waals surface area contributed by atoms with E-state index in [0.29, 0.717) is 13.0 Å². The summed E-state index contributed by atoms with van der Waals surface area (Å²) in [6, 6.07) is 0. The fourth-order valence-corrected chi connectivity index (χ4v) is 3.35. The zero-order valence-electron chi connectivity index (χ0n) is 13.9. The van der Waals surface area contributed by atoms with Crippen LogP contribution in [0.25, 0.3) is 11.6 Å². The molecule has 1 saturated heterocycles. The Labute approximate surface area is 157 Å². The first-order chi connectivity index (χ1) is 12.4. The zero-order chi connectivity index (χ0) is 18.8. The van der Waals surface area contributed by atoms with Crippen LogP contribution in [0.4, 0.5) is 11.8 Å². The minimum absolute atomic E-state index is 0.0000491. The highest BCUT2D eigenvalue weighted by Crippen LogP contribution is 2.34. The van der Waals surface area contributed by atoms with Crippen LogP contribution < -0.4 is 16.6 Å². The van der Waals surface area contributed by atoms with Crippen molar-refractivity contribution in [2.24, 2.45) is 11.8 Å². The molecule has 2 aromatic heterocycles. The fourth-order valence-electron chi connectivity index (χ4n) is 2.81. The third-order valence-corrected chi connectivity index (χ3v) is 4.72. The summed E-state index contributed by atoms with van der Waals surface area (Å²) >= 11 is 3.30. The monoisotopic (exact) mass is 424 g/mol. The molecule has 1 aliphatic heterocycles. The summed E-state index contributed by atoms with van der Waals surface area (Å²) in [7, 11) is 0. The van der Waals surface area contributed by atoms with Crippen molar-refractivity contribution in [1.82, 2.24) is 15.0 Å². The minimum Gasteiger partial charge on any atom is -0.443 e. The predicted molar refractivity (Wildman–Crippen MR) is 94.5 cm³/mol. The van der Waals surface area contributed by atoms with Crippen molar-refractivity contribution < 1.29 is 18.7 Å². The number of oxazole rings is 1. The van der Waals surface area contributed by atoms with Crippen LogP contribution in [0.15, 0.2) is 21.3 Å². The van der Waals surface area contributed by atoms with Crippen molar-refractivity contribution in [2.75, 3.05) is 17.3 Å². The lowest BCUT2D eigenvalue weighted by Gasteiger charge is -2.25. The molecule has 0 aliphatic carbocycles. The second-order valence-corrected chi connectivity index (χ2v) is 6.55. The Kier molecular flexibility index (Phi) is 5.30. The topological polar surface area (TPSA) is 150 Å². The number of nitrogens with two attached hydrogens (primary N) is 2. The Hall–Kier alpha value is -2.37. The summed E-state index contributed by atoms with van der Waals surface area (Å²) in [5.41, 5.74) is 5.97. The van der Waals surface area contributed by atoms with E-state index in [1.807, 2.05) is 0 Å². The van der Waals surface area contributed by atoms with E-state index in [1.54, 1.807) is 0 Å². The van der Waals surface area contributed by atoms with Crippen LogP contribution in [0.2, 0.25) is 0 Å². The van der Waals surface area contributed by atoms with Gasteiger partial charge < -0.3 is 14.9 Å². The van der Waals surface area contributed by atoms with E-state index >= 15 is 0 Å². The molecule has 1 amide bonds. The number of hydrogen-bond acceptors (Lipinski definition) is 9. The molecule has 1 fully saturated rings. The first-order valence-corrected chi connectivity index (χ1v) is 8.63. The zero-order valence-corrected chi connectivity index (χ0v) is 15.5. The number of ketones is 1. The first-order valence-electron chi connectivity index (χ1n) is 7.83. The number of aromatic nitrogens is 3. The first kappa shape index (κ1) is 18.4. The van der Waals surface area contributed by atoms with Gasteiger partial charge >= 0.3 is 0 Å². The maximum absolute atomic E-state index is 12.9. The average molecular weight is 425 g/mol. The van der Waals surface area contributed by atoms with Crippen molar-refractivity contribution in [2.45, 2.75) is 25.9 Å². The molecule has 10 nitrogen and oxygen atoms in total. The van der Waals surface area contributed by atoms with Crippen molar-refractivity contribution in [3.63, 3.8) is 0 Å². The van der Waals surface area contributed by atoms with Gasteiger partial charge in [0.1, 0.15) is 23.7 Å². The summed E-state index contributed by atoms with van der Waals surface area (Å²) in [5, 5.41) is 0.780. The molecule has 11 heteroatoms. The molecule has 2 aromatic rings. The van der Waals surface area contributed by atoms with Crippen LogP contribution in [0.3, 0.4) is 0 Å². The number of carbonyl (C=O) groups is 2. The quantitative estimate of drug-likeness (QED) is 0.310. The number of carbonyl (C=O) groups excluding carboxylic acids is 2.